The van der Waals surface area contributed by atoms with Crippen molar-refractivity contribution in [1.82, 2.24) is 0 Å². The Morgan fingerprint density at radius 3 is 2.33 bits per heavy atom. The first-order valence-electron chi connectivity index (χ1n) is 4.18. The molecule has 1 aromatic carbocycles. The maximum Gasteiger partial charge on any atom is 0.329 e. The van der Waals surface area contributed by atoms with E-state index in [0.29, 0.717) is 10.6 Å². The van der Waals surface area contributed by atoms with Gasteiger partial charge in [0.1, 0.15) is 13.2 Å². The van der Waals surface area contributed by atoms with Crippen LogP contribution in [0.4, 0.5) is 0 Å². The van der Waals surface area contributed by atoms with Crippen molar-refractivity contribution < 1.29 is 19.4 Å². The molecule has 80 valence electrons. The number of hydrogen-bond acceptors (Lipinski definition) is 3. The van der Waals surface area contributed by atoms with E-state index in [1.807, 2.05) is 0 Å². The van der Waals surface area contributed by atoms with E-state index in [-0.39, 0.29) is 12.4 Å². The monoisotopic (exact) mass is 228 g/mol. The minimum atomic E-state index is -1.10. The smallest absolute Gasteiger partial charge is 0.329 e. The van der Waals surface area contributed by atoms with E-state index in [9.17, 15) is 9.59 Å². The Labute approximate surface area is 91.4 Å². The van der Waals surface area contributed by atoms with Gasteiger partial charge in [-0.05, 0) is 24.3 Å². The summed E-state index contributed by atoms with van der Waals surface area (Å²) in [6, 6.07) is 6.31. The number of aliphatic carboxylic acids is 1. The van der Waals surface area contributed by atoms with Crippen molar-refractivity contribution in [2.45, 2.75) is 0 Å². The summed E-state index contributed by atoms with van der Waals surface area (Å²) in [5, 5.41) is 8.82. The molecule has 0 heterocycles. The SMILES string of the molecule is O=C(O)COCC(=O)c1ccc(Cl)cc1. The van der Waals surface area contributed by atoms with Crippen molar-refractivity contribution in [3.8, 4) is 0 Å². The lowest BCUT2D eigenvalue weighted by Crippen LogP contribution is -2.14. The molecule has 0 aromatic heterocycles. The van der Waals surface area contributed by atoms with Gasteiger partial charge in [0.2, 0.25) is 0 Å². The molecule has 0 bridgehead atoms. The van der Waals surface area contributed by atoms with E-state index in [0.717, 1.165) is 0 Å². The summed E-state index contributed by atoms with van der Waals surface area (Å²) < 4.78 is 4.66. The number of Topliss-reactive ketones (excluding diaryl/α,β-unsaturated/α-hetero) is 1. The van der Waals surface area contributed by atoms with Gasteiger partial charge >= 0.3 is 5.97 Å². The van der Waals surface area contributed by atoms with Crippen LogP contribution in [-0.2, 0) is 9.53 Å². The van der Waals surface area contributed by atoms with Crippen LogP contribution in [0.1, 0.15) is 10.4 Å². The molecule has 5 heteroatoms. The maximum atomic E-state index is 11.4. The summed E-state index contributed by atoms with van der Waals surface area (Å²) >= 11 is 5.64. The number of carbonyl (C=O) groups excluding carboxylic acids is 1. The predicted molar refractivity (Wildman–Crippen MR) is 54.2 cm³/mol. The van der Waals surface area contributed by atoms with Gasteiger partial charge < -0.3 is 9.84 Å². The van der Waals surface area contributed by atoms with Crippen LogP contribution in [0.5, 0.6) is 0 Å². The summed E-state index contributed by atoms with van der Waals surface area (Å²) in [5.41, 5.74) is 0.449. The second kappa shape index (κ2) is 5.48. The Morgan fingerprint density at radius 1 is 1.20 bits per heavy atom. The number of carbonyl (C=O) groups is 2. The normalized spacial score (nSPS) is 9.93. The van der Waals surface area contributed by atoms with Crippen molar-refractivity contribution in [2.75, 3.05) is 13.2 Å². The molecule has 15 heavy (non-hydrogen) atoms. The Bertz CT molecular complexity index is 358. The molecule has 0 radical (unpaired) electrons. The van der Waals surface area contributed by atoms with Crippen LogP contribution in [0, 0.1) is 0 Å². The molecule has 0 spiro atoms. The number of carboxylic acid groups (broad SMARTS) is 1. The molecule has 0 aliphatic carbocycles. The third kappa shape index (κ3) is 4.10. The first-order valence-corrected chi connectivity index (χ1v) is 4.55. The van der Waals surface area contributed by atoms with Crippen molar-refractivity contribution in [1.29, 1.82) is 0 Å². The van der Waals surface area contributed by atoms with Crippen LogP contribution in [-0.4, -0.2) is 30.1 Å². The third-order valence-corrected chi connectivity index (χ3v) is 1.88. The molecule has 1 rings (SSSR count). The number of ketones is 1. The van der Waals surface area contributed by atoms with Crippen molar-refractivity contribution in [3.05, 3.63) is 34.9 Å². The lowest BCUT2D eigenvalue weighted by Gasteiger charge is -2.01. The second-order valence-corrected chi connectivity index (χ2v) is 3.25. The molecule has 0 saturated carbocycles. The Kier molecular flexibility index (Phi) is 4.27. The lowest BCUT2D eigenvalue weighted by atomic mass is 10.1. The molecular formula is C10H9ClO4. The number of halogens is 1. The molecule has 4 nitrogen and oxygen atoms in total. The molecule has 0 aliphatic heterocycles. The minimum Gasteiger partial charge on any atom is -0.480 e. The Balaban J connectivity index is 2.47. The third-order valence-electron chi connectivity index (χ3n) is 1.62. The minimum absolute atomic E-state index is 0.242. The maximum absolute atomic E-state index is 11.4. The highest BCUT2D eigenvalue weighted by Gasteiger charge is 2.06. The van der Waals surface area contributed by atoms with Crippen LogP contribution in [0.2, 0.25) is 5.02 Å². The molecule has 0 amide bonds. The van der Waals surface area contributed by atoms with Gasteiger partial charge in [-0.1, -0.05) is 11.6 Å². The first-order chi connectivity index (χ1) is 7.09. The van der Waals surface area contributed by atoms with Crippen LogP contribution < -0.4 is 0 Å². The molecule has 0 fully saturated rings. The predicted octanol–water partition coefficient (Wildman–Crippen LogP) is 1.62. The standard InChI is InChI=1S/C10H9ClO4/c11-8-3-1-7(2-4-8)9(12)5-15-6-10(13)14/h1-4H,5-6H2,(H,13,14). The molecule has 1 N–H and O–H groups in total. The van der Waals surface area contributed by atoms with Gasteiger partial charge in [0.25, 0.3) is 0 Å². The van der Waals surface area contributed by atoms with Crippen LogP contribution in [0.15, 0.2) is 24.3 Å². The van der Waals surface area contributed by atoms with Gasteiger partial charge in [-0.2, -0.15) is 0 Å². The molecule has 1 aromatic rings. The Morgan fingerprint density at radius 2 is 1.80 bits per heavy atom. The molecule has 0 unspecified atom stereocenters. The highest BCUT2D eigenvalue weighted by atomic mass is 35.5. The van der Waals surface area contributed by atoms with Gasteiger partial charge in [0, 0.05) is 10.6 Å². The summed E-state index contributed by atoms with van der Waals surface area (Å²) in [4.78, 5) is 21.5. The molecular weight excluding hydrogens is 220 g/mol. The summed E-state index contributed by atoms with van der Waals surface area (Å²) in [5.74, 6) is -1.37. The fraction of sp³-hybridized carbons (Fsp3) is 0.200. The average molecular weight is 229 g/mol. The summed E-state index contributed by atoms with van der Waals surface area (Å²) in [6.45, 7) is -0.715. The van der Waals surface area contributed by atoms with Crippen molar-refractivity contribution in [3.63, 3.8) is 0 Å². The van der Waals surface area contributed by atoms with Gasteiger partial charge in [-0.3, -0.25) is 4.79 Å². The zero-order chi connectivity index (χ0) is 11.3. The highest BCUT2D eigenvalue weighted by molar-refractivity contribution is 6.30. The number of ether oxygens (including phenoxy) is 1. The summed E-state index contributed by atoms with van der Waals surface area (Å²) in [7, 11) is 0. The second-order valence-electron chi connectivity index (χ2n) is 2.82. The van der Waals surface area contributed by atoms with Crippen molar-refractivity contribution in [2.24, 2.45) is 0 Å². The fourth-order valence-electron chi connectivity index (χ4n) is 0.950. The van der Waals surface area contributed by atoms with Gasteiger partial charge in [-0.15, -0.1) is 0 Å². The van der Waals surface area contributed by atoms with E-state index >= 15 is 0 Å². The topological polar surface area (TPSA) is 63.6 Å². The zero-order valence-corrected chi connectivity index (χ0v) is 8.53. The highest BCUT2D eigenvalue weighted by Crippen LogP contribution is 2.09. The Hall–Kier alpha value is -1.39. The quantitative estimate of drug-likeness (QED) is 0.778. The van der Waals surface area contributed by atoms with E-state index in [4.69, 9.17) is 16.7 Å². The number of rotatable bonds is 5. The average Bonchev–Trinajstić information content (AvgIpc) is 2.18. The molecule has 0 saturated heterocycles. The lowest BCUT2D eigenvalue weighted by molar-refractivity contribution is -0.141. The largest absolute Gasteiger partial charge is 0.480 e. The van der Waals surface area contributed by atoms with Crippen LogP contribution in [0.3, 0.4) is 0 Å². The van der Waals surface area contributed by atoms with E-state index in [2.05, 4.69) is 4.74 Å². The zero-order valence-electron chi connectivity index (χ0n) is 7.77. The molecule has 0 atom stereocenters. The van der Waals surface area contributed by atoms with Crippen LogP contribution in [0.25, 0.3) is 0 Å². The van der Waals surface area contributed by atoms with Gasteiger partial charge in [0.15, 0.2) is 5.78 Å². The summed E-state index contributed by atoms with van der Waals surface area (Å²) in [6.07, 6.45) is 0. The van der Waals surface area contributed by atoms with E-state index in [1.54, 1.807) is 24.3 Å². The van der Waals surface area contributed by atoms with E-state index in [1.165, 1.54) is 0 Å². The molecule has 0 aliphatic rings. The van der Waals surface area contributed by atoms with E-state index < -0.39 is 12.6 Å². The number of carboxylic acids is 1. The van der Waals surface area contributed by atoms with Crippen molar-refractivity contribution >= 4 is 23.4 Å². The first kappa shape index (κ1) is 11.7. The number of hydrogen-bond donors (Lipinski definition) is 1. The van der Waals surface area contributed by atoms with Gasteiger partial charge in [-0.25, -0.2) is 4.79 Å². The number of benzene rings is 1. The van der Waals surface area contributed by atoms with Gasteiger partial charge in [0.05, 0.1) is 0 Å². The van der Waals surface area contributed by atoms with Crippen LogP contribution >= 0.6 is 11.6 Å². The fourth-order valence-corrected chi connectivity index (χ4v) is 1.08.